The fourth-order valence-corrected chi connectivity index (χ4v) is 7.23. The van der Waals surface area contributed by atoms with Crippen LogP contribution in [0.15, 0.2) is 41.5 Å². The van der Waals surface area contributed by atoms with Crippen LogP contribution in [-0.2, 0) is 14.3 Å². The van der Waals surface area contributed by atoms with Gasteiger partial charge >= 0.3 is 5.97 Å². The van der Waals surface area contributed by atoms with E-state index < -0.39 is 70.3 Å². The number of carbonyl (C=O) groups is 2. The lowest BCUT2D eigenvalue weighted by atomic mass is 9.45. The van der Waals surface area contributed by atoms with Gasteiger partial charge in [-0.25, -0.2) is 9.18 Å². The molecule has 0 amide bonds. The number of esters is 1. The lowest BCUT2D eigenvalue weighted by Crippen LogP contribution is -2.80. The quantitative estimate of drug-likeness (QED) is 0.352. The van der Waals surface area contributed by atoms with Gasteiger partial charge in [0, 0.05) is 24.2 Å². The van der Waals surface area contributed by atoms with E-state index in [9.17, 15) is 30.0 Å². The van der Waals surface area contributed by atoms with Gasteiger partial charge in [-0.3, -0.25) is 4.79 Å². The fraction of sp³-hybridized carbons (Fsp3) is 0.630. The van der Waals surface area contributed by atoms with Crippen molar-refractivity contribution < 1.29 is 43.9 Å². The highest BCUT2D eigenvalue weighted by Crippen LogP contribution is 2.63. The van der Waals surface area contributed by atoms with Gasteiger partial charge in [0.05, 0.1) is 29.8 Å². The topological polar surface area (TPSA) is 134 Å². The minimum atomic E-state index is -2.08. The number of benzene rings is 1. The number of hydrogen-bond acceptors (Lipinski definition) is 8. The van der Waals surface area contributed by atoms with Gasteiger partial charge in [0.1, 0.15) is 29.6 Å². The molecule has 36 heavy (non-hydrogen) atoms. The Morgan fingerprint density at radius 3 is 2.36 bits per heavy atom. The first-order valence-corrected chi connectivity index (χ1v) is 12.3. The molecule has 9 unspecified atom stereocenters. The van der Waals surface area contributed by atoms with E-state index in [1.54, 1.807) is 39.0 Å². The minimum absolute atomic E-state index is 0.0698. The maximum atomic E-state index is 16.0. The normalized spacial score (nSPS) is 45.5. The van der Waals surface area contributed by atoms with E-state index in [1.165, 1.54) is 19.1 Å². The van der Waals surface area contributed by atoms with E-state index in [-0.39, 0.29) is 30.6 Å². The summed E-state index contributed by atoms with van der Waals surface area (Å²) in [5.74, 6) is -3.18. The molecule has 0 spiro atoms. The molecule has 4 aliphatic rings. The number of fused-ring (bicyclic) bond motifs is 5. The molecule has 196 valence electrons. The van der Waals surface area contributed by atoms with E-state index in [4.69, 9.17) is 9.47 Å². The monoisotopic (exact) mass is 504 g/mol. The summed E-state index contributed by atoms with van der Waals surface area (Å²) in [6.07, 6.45) is -8.16. The van der Waals surface area contributed by atoms with Gasteiger partial charge in [-0.15, -0.1) is 0 Å². The molecule has 8 nitrogen and oxygen atoms in total. The van der Waals surface area contributed by atoms with E-state index in [0.717, 1.165) is 0 Å². The average Bonchev–Trinajstić information content (AvgIpc) is 2.83. The summed E-state index contributed by atoms with van der Waals surface area (Å²) in [5.41, 5.74) is -6.76. The van der Waals surface area contributed by atoms with Crippen molar-refractivity contribution in [1.29, 1.82) is 0 Å². The van der Waals surface area contributed by atoms with Gasteiger partial charge in [0.2, 0.25) is 0 Å². The molecule has 3 fully saturated rings. The van der Waals surface area contributed by atoms with Crippen molar-refractivity contribution in [2.45, 2.75) is 82.3 Å². The second kappa shape index (κ2) is 7.91. The fourth-order valence-electron chi connectivity index (χ4n) is 7.23. The van der Waals surface area contributed by atoms with Crippen LogP contribution in [0.3, 0.4) is 0 Å². The molecular formula is C27H33FO8. The largest absolute Gasteiger partial charge is 0.455 e. The number of Topliss-reactive ketones (excluding diaryl/α,β-unsaturated/α-hetero) is 1. The summed E-state index contributed by atoms with van der Waals surface area (Å²) in [6.45, 7) is 5.80. The molecule has 1 aromatic carbocycles. The van der Waals surface area contributed by atoms with Gasteiger partial charge in [-0.1, -0.05) is 32.0 Å². The van der Waals surface area contributed by atoms with E-state index in [2.05, 4.69) is 0 Å². The summed E-state index contributed by atoms with van der Waals surface area (Å²) in [6, 6.07) is 8.01. The van der Waals surface area contributed by atoms with Crippen molar-refractivity contribution in [3.05, 3.63) is 47.0 Å². The molecule has 1 saturated heterocycles. The van der Waals surface area contributed by atoms with Crippen molar-refractivity contribution in [3.8, 4) is 0 Å². The van der Waals surface area contributed by atoms with E-state index >= 15 is 4.39 Å². The van der Waals surface area contributed by atoms with Crippen molar-refractivity contribution in [2.75, 3.05) is 6.61 Å². The van der Waals surface area contributed by atoms with Crippen LogP contribution in [-0.4, -0.2) is 80.6 Å². The van der Waals surface area contributed by atoms with Crippen LogP contribution in [0, 0.1) is 16.7 Å². The number of ketones is 1. The first-order chi connectivity index (χ1) is 16.7. The van der Waals surface area contributed by atoms with Crippen LogP contribution in [0.2, 0.25) is 0 Å². The SMILES string of the molecule is CC1=C2C(O)C(=O)C3(C)C(F)CC4OCC4(O)C3C(OC(=O)c3ccccc3)C(O)(CC1O)C2(C)C. The van der Waals surface area contributed by atoms with E-state index in [0.29, 0.717) is 5.57 Å². The van der Waals surface area contributed by atoms with Gasteiger partial charge in [-0.05, 0) is 37.1 Å². The first kappa shape index (κ1) is 25.5. The summed E-state index contributed by atoms with van der Waals surface area (Å²) in [7, 11) is 0. The van der Waals surface area contributed by atoms with E-state index in [1.807, 2.05) is 0 Å². The number of ether oxygens (including phenoxy) is 2. The third kappa shape index (κ3) is 3.04. The van der Waals surface area contributed by atoms with Crippen molar-refractivity contribution in [3.63, 3.8) is 0 Å². The van der Waals surface area contributed by atoms with Gasteiger partial charge in [0.15, 0.2) is 5.78 Å². The van der Waals surface area contributed by atoms with Gasteiger partial charge in [-0.2, -0.15) is 0 Å². The minimum Gasteiger partial charge on any atom is -0.455 e. The standard InChI is InChI=1S/C27H33FO8/c1-13-15(29)11-27(34)22(36-23(32)14-8-6-5-7-9-14)20-25(4,16(28)10-17-26(20,33)12-35-17)21(31)19(30)18(13)24(27,2)3/h5-9,15-17,19-20,22,29-30,33-34H,10-12H2,1-4H3. The number of halogens is 1. The number of hydrogen-bond donors (Lipinski definition) is 4. The molecule has 5 rings (SSSR count). The molecular weight excluding hydrogens is 471 g/mol. The molecule has 9 heteroatoms. The summed E-state index contributed by atoms with van der Waals surface area (Å²) in [5, 5.41) is 46.5. The second-order valence-electron chi connectivity index (χ2n) is 11.6. The molecule has 3 aliphatic carbocycles. The number of alkyl halides is 1. The average molecular weight is 505 g/mol. The lowest BCUT2D eigenvalue weighted by Gasteiger charge is -2.66. The summed E-state index contributed by atoms with van der Waals surface area (Å²) < 4.78 is 27.4. The van der Waals surface area contributed by atoms with Crippen LogP contribution in [0.25, 0.3) is 0 Å². The summed E-state index contributed by atoms with van der Waals surface area (Å²) in [4.78, 5) is 27.3. The predicted octanol–water partition coefficient (Wildman–Crippen LogP) is 1.49. The first-order valence-electron chi connectivity index (χ1n) is 12.3. The highest BCUT2D eigenvalue weighted by molar-refractivity contribution is 5.94. The lowest BCUT2D eigenvalue weighted by molar-refractivity contribution is -0.338. The Kier molecular flexibility index (Phi) is 5.60. The van der Waals surface area contributed by atoms with Crippen LogP contribution in [0.5, 0.6) is 0 Å². The number of carbonyl (C=O) groups excluding carboxylic acids is 2. The third-order valence-electron chi connectivity index (χ3n) is 9.58. The zero-order valence-corrected chi connectivity index (χ0v) is 20.8. The molecule has 1 aliphatic heterocycles. The van der Waals surface area contributed by atoms with Crippen LogP contribution in [0.1, 0.15) is 50.9 Å². The van der Waals surface area contributed by atoms with Gasteiger partial charge < -0.3 is 29.9 Å². The highest BCUT2D eigenvalue weighted by atomic mass is 19.1. The number of aliphatic hydroxyl groups is 4. The Balaban J connectivity index is 1.78. The Morgan fingerprint density at radius 1 is 1.14 bits per heavy atom. The maximum absolute atomic E-state index is 16.0. The number of aliphatic hydroxyl groups excluding tert-OH is 2. The van der Waals surface area contributed by atoms with Crippen molar-refractivity contribution >= 4 is 11.8 Å². The molecule has 2 saturated carbocycles. The maximum Gasteiger partial charge on any atom is 0.338 e. The van der Waals surface area contributed by atoms with Gasteiger partial charge in [0.25, 0.3) is 0 Å². The zero-order valence-electron chi connectivity index (χ0n) is 20.8. The highest BCUT2D eigenvalue weighted by Gasteiger charge is 2.76. The summed E-state index contributed by atoms with van der Waals surface area (Å²) >= 11 is 0. The predicted molar refractivity (Wildman–Crippen MR) is 125 cm³/mol. The molecule has 0 aromatic heterocycles. The smallest absolute Gasteiger partial charge is 0.338 e. The Morgan fingerprint density at radius 2 is 1.78 bits per heavy atom. The molecule has 2 bridgehead atoms. The Labute approximate surface area is 208 Å². The third-order valence-corrected chi connectivity index (χ3v) is 9.58. The molecule has 0 radical (unpaired) electrons. The zero-order chi connectivity index (χ0) is 26.4. The van der Waals surface area contributed by atoms with Crippen LogP contribution >= 0.6 is 0 Å². The van der Waals surface area contributed by atoms with Crippen molar-refractivity contribution in [1.82, 2.24) is 0 Å². The molecule has 1 heterocycles. The molecule has 9 atom stereocenters. The number of rotatable bonds is 2. The second-order valence-corrected chi connectivity index (χ2v) is 11.6. The van der Waals surface area contributed by atoms with Crippen LogP contribution < -0.4 is 0 Å². The van der Waals surface area contributed by atoms with Crippen LogP contribution in [0.4, 0.5) is 4.39 Å². The molecule has 4 N–H and O–H groups in total. The molecule has 1 aromatic rings. The Hall–Kier alpha value is -2.17. The van der Waals surface area contributed by atoms with Crippen molar-refractivity contribution in [2.24, 2.45) is 16.7 Å². The Bertz CT molecular complexity index is 1130.